The van der Waals surface area contributed by atoms with Crippen molar-refractivity contribution in [3.8, 4) is 22.6 Å². The average molecular weight is 565 g/mol. The van der Waals surface area contributed by atoms with Crippen molar-refractivity contribution < 1.29 is 14.2 Å². The van der Waals surface area contributed by atoms with Gasteiger partial charge in [-0.05, 0) is 70.8 Å². The molecule has 0 fully saturated rings. The summed E-state index contributed by atoms with van der Waals surface area (Å²) in [7, 11) is -3.85. The second kappa shape index (κ2) is 12.4. The van der Waals surface area contributed by atoms with Crippen LogP contribution in [0.2, 0.25) is 0 Å². The van der Waals surface area contributed by atoms with Crippen molar-refractivity contribution in [2.24, 2.45) is 0 Å². The van der Waals surface area contributed by atoms with Crippen LogP contribution in [0.5, 0.6) is 11.5 Å². The van der Waals surface area contributed by atoms with E-state index in [1.807, 2.05) is 100 Å². The number of hydrogen-bond acceptors (Lipinski definition) is 5. The van der Waals surface area contributed by atoms with Crippen molar-refractivity contribution in [1.82, 2.24) is 0 Å². The van der Waals surface area contributed by atoms with E-state index >= 15 is 4.57 Å². The predicted octanol–water partition coefficient (Wildman–Crippen LogP) is 8.56. The van der Waals surface area contributed by atoms with E-state index in [1.54, 1.807) is 48.5 Å². The Morgan fingerprint density at radius 1 is 0.585 bits per heavy atom. The van der Waals surface area contributed by atoms with Gasteiger partial charge < -0.3 is 21.1 Å². The molecule has 1 unspecified atom stereocenters. The zero-order valence-electron chi connectivity index (χ0n) is 23.9. The molecule has 0 saturated carbocycles. The molecule has 0 amide bonds. The van der Waals surface area contributed by atoms with Crippen molar-refractivity contribution in [3.05, 3.63) is 138 Å². The van der Waals surface area contributed by atoms with E-state index in [0.717, 1.165) is 22.3 Å². The molecule has 0 aliphatic carbocycles. The van der Waals surface area contributed by atoms with E-state index < -0.39 is 12.5 Å². The standard InChI is InChI=1S/C31H25N2O3P.2C2H6/c32-24-15-9-21(10-16-24)31(22-11-17-25(33)18-12-22,23-13-19-26(34)20-14-23)37(35)30-8-4-2-6-28(30)27-5-1-3-7-29(27)36-37;2*1-2/h1-20,34H,32-33H2;2*1-2H3. The van der Waals surface area contributed by atoms with Crippen LogP contribution in [0.4, 0.5) is 11.4 Å². The lowest BCUT2D eigenvalue weighted by Crippen LogP contribution is -2.38. The minimum atomic E-state index is -3.85. The molecule has 5 nitrogen and oxygen atoms in total. The minimum absolute atomic E-state index is 0.112. The molecule has 210 valence electrons. The SMILES string of the molecule is CC.CC.Nc1ccc(C(c2ccc(N)cc2)(c2ccc(O)cc2)P2(=O)Oc3ccccc3-c3ccccc32)cc1. The summed E-state index contributed by atoms with van der Waals surface area (Å²) in [6.07, 6.45) is 0. The van der Waals surface area contributed by atoms with Gasteiger partial charge in [0.25, 0.3) is 7.37 Å². The van der Waals surface area contributed by atoms with E-state index in [1.165, 1.54) is 0 Å². The Morgan fingerprint density at radius 2 is 1.00 bits per heavy atom. The molecule has 0 aromatic heterocycles. The fourth-order valence-corrected chi connectivity index (χ4v) is 8.62. The summed E-state index contributed by atoms with van der Waals surface area (Å²) in [6.45, 7) is 8.00. The van der Waals surface area contributed by atoms with E-state index in [4.69, 9.17) is 16.0 Å². The van der Waals surface area contributed by atoms with Gasteiger partial charge in [-0.1, -0.05) is 100 Å². The van der Waals surface area contributed by atoms with Gasteiger partial charge in [0.15, 0.2) is 0 Å². The lowest BCUT2D eigenvalue weighted by atomic mass is 9.83. The number of para-hydroxylation sites is 1. The molecule has 1 heterocycles. The molecule has 6 rings (SSSR count). The molecule has 5 aromatic rings. The van der Waals surface area contributed by atoms with Gasteiger partial charge in [-0.2, -0.15) is 0 Å². The Hall–Kier alpha value is -4.47. The molecule has 0 radical (unpaired) electrons. The fourth-order valence-electron chi connectivity index (χ4n) is 5.32. The van der Waals surface area contributed by atoms with E-state index in [-0.39, 0.29) is 5.75 Å². The summed E-state index contributed by atoms with van der Waals surface area (Å²) in [4.78, 5) is 0. The van der Waals surface area contributed by atoms with Crippen LogP contribution in [0.3, 0.4) is 0 Å². The number of hydrogen-bond donors (Lipinski definition) is 3. The van der Waals surface area contributed by atoms with Crippen LogP contribution in [0.25, 0.3) is 11.1 Å². The third-order valence-electron chi connectivity index (χ3n) is 7.01. The topological polar surface area (TPSA) is 98.6 Å². The summed E-state index contributed by atoms with van der Waals surface area (Å²) < 4.78 is 22.6. The lowest BCUT2D eigenvalue weighted by Gasteiger charge is -2.44. The molecule has 41 heavy (non-hydrogen) atoms. The first-order valence-corrected chi connectivity index (χ1v) is 15.6. The Morgan fingerprint density at radius 3 is 1.51 bits per heavy atom. The molecule has 0 spiro atoms. The molecule has 5 aromatic carbocycles. The molecule has 6 heteroatoms. The molecule has 0 bridgehead atoms. The van der Waals surface area contributed by atoms with Crippen LogP contribution < -0.4 is 21.3 Å². The molecule has 1 aliphatic rings. The van der Waals surface area contributed by atoms with Crippen LogP contribution in [0.1, 0.15) is 44.4 Å². The van der Waals surface area contributed by atoms with Gasteiger partial charge in [0.05, 0.1) is 5.30 Å². The maximum absolute atomic E-state index is 15.9. The predicted molar refractivity (Wildman–Crippen MR) is 172 cm³/mol. The first-order valence-electron chi connectivity index (χ1n) is 13.9. The maximum Gasteiger partial charge on any atom is 0.296 e. The zero-order valence-corrected chi connectivity index (χ0v) is 24.8. The first-order chi connectivity index (χ1) is 19.9. The molecule has 1 aliphatic heterocycles. The molecular formula is C35H37N2O3P. The number of nitrogens with two attached hydrogens (primary N) is 2. The number of rotatable bonds is 4. The quantitative estimate of drug-likeness (QED) is 0.115. The van der Waals surface area contributed by atoms with Crippen molar-refractivity contribution >= 4 is 24.0 Å². The van der Waals surface area contributed by atoms with Crippen molar-refractivity contribution in [3.63, 3.8) is 0 Å². The largest absolute Gasteiger partial charge is 0.508 e. The Balaban J connectivity index is 0.000000929. The molecule has 5 N–H and O–H groups in total. The average Bonchev–Trinajstić information content (AvgIpc) is 3.02. The van der Waals surface area contributed by atoms with Crippen molar-refractivity contribution in [1.29, 1.82) is 0 Å². The summed E-state index contributed by atoms with van der Waals surface area (Å²) in [5, 5.41) is 9.50. The number of phenolic OH excluding ortho intramolecular Hbond substituents is 1. The summed E-state index contributed by atoms with van der Waals surface area (Å²) in [5.41, 5.74) is 17.3. The number of benzene rings is 5. The Labute approximate surface area is 242 Å². The summed E-state index contributed by atoms with van der Waals surface area (Å²) in [5.74, 6) is 0.666. The molecule has 0 saturated heterocycles. The van der Waals surface area contributed by atoms with E-state index in [2.05, 4.69) is 0 Å². The van der Waals surface area contributed by atoms with E-state index in [0.29, 0.717) is 28.0 Å². The summed E-state index contributed by atoms with van der Waals surface area (Å²) in [6, 6.07) is 37.0. The third-order valence-corrected chi connectivity index (χ3v) is 10.1. The Kier molecular flexibility index (Phi) is 8.90. The van der Waals surface area contributed by atoms with Gasteiger partial charge in [0.2, 0.25) is 0 Å². The normalized spacial score (nSPS) is 15.0. The second-order valence-corrected chi connectivity index (χ2v) is 11.6. The minimum Gasteiger partial charge on any atom is -0.508 e. The maximum atomic E-state index is 15.9. The smallest absolute Gasteiger partial charge is 0.296 e. The van der Waals surface area contributed by atoms with Gasteiger partial charge in [-0.25, -0.2) is 0 Å². The van der Waals surface area contributed by atoms with Gasteiger partial charge >= 0.3 is 0 Å². The molecular weight excluding hydrogens is 527 g/mol. The van der Waals surface area contributed by atoms with Crippen molar-refractivity contribution in [2.45, 2.75) is 32.9 Å². The van der Waals surface area contributed by atoms with Crippen LogP contribution in [0, 0.1) is 0 Å². The van der Waals surface area contributed by atoms with Gasteiger partial charge in [-0.15, -0.1) is 0 Å². The monoisotopic (exact) mass is 564 g/mol. The number of fused-ring (bicyclic) bond motifs is 3. The number of nitrogen functional groups attached to an aromatic ring is 2. The number of anilines is 2. The molecule has 1 atom stereocenters. The van der Waals surface area contributed by atoms with Crippen molar-refractivity contribution in [2.75, 3.05) is 11.5 Å². The summed E-state index contributed by atoms with van der Waals surface area (Å²) >= 11 is 0. The van der Waals surface area contributed by atoms with Crippen LogP contribution in [-0.4, -0.2) is 5.11 Å². The highest BCUT2D eigenvalue weighted by Crippen LogP contribution is 2.71. The van der Waals surface area contributed by atoms with E-state index in [9.17, 15) is 5.11 Å². The van der Waals surface area contributed by atoms with Gasteiger partial charge in [0.1, 0.15) is 16.7 Å². The zero-order chi connectivity index (χ0) is 29.6. The fraction of sp³-hybridized carbons (Fsp3) is 0.143. The highest BCUT2D eigenvalue weighted by Gasteiger charge is 2.57. The van der Waals surface area contributed by atoms with Crippen LogP contribution in [0.15, 0.2) is 121 Å². The Bertz CT molecular complexity index is 1540. The first kappa shape index (κ1) is 29.5. The van der Waals surface area contributed by atoms with Gasteiger partial charge in [0, 0.05) is 16.9 Å². The van der Waals surface area contributed by atoms with Crippen LogP contribution in [-0.2, 0) is 9.72 Å². The lowest BCUT2D eigenvalue weighted by molar-refractivity contribution is 0.466. The third kappa shape index (κ3) is 4.98. The van der Waals surface area contributed by atoms with Gasteiger partial charge in [-0.3, -0.25) is 4.57 Å². The number of aromatic hydroxyl groups is 1. The second-order valence-electron chi connectivity index (χ2n) is 9.16. The highest BCUT2D eigenvalue weighted by atomic mass is 31.2. The number of phenols is 1. The van der Waals surface area contributed by atoms with Crippen LogP contribution >= 0.6 is 7.37 Å². The highest BCUT2D eigenvalue weighted by molar-refractivity contribution is 7.69.